The highest BCUT2D eigenvalue weighted by atomic mass is 32.2. The van der Waals surface area contributed by atoms with Crippen molar-refractivity contribution in [3.05, 3.63) is 59.6 Å². The summed E-state index contributed by atoms with van der Waals surface area (Å²) in [6, 6.07) is 17.7. The lowest BCUT2D eigenvalue weighted by Gasteiger charge is -2.32. The molecule has 0 radical (unpaired) electrons. The van der Waals surface area contributed by atoms with E-state index in [1.54, 1.807) is 0 Å². The fraction of sp³-hybridized carbons (Fsp3) is 0.500. The van der Waals surface area contributed by atoms with Gasteiger partial charge in [-0.2, -0.15) is 0 Å². The van der Waals surface area contributed by atoms with Gasteiger partial charge < -0.3 is 18.7 Å². The summed E-state index contributed by atoms with van der Waals surface area (Å²) in [5.41, 5.74) is 3.49. The highest BCUT2D eigenvalue weighted by Gasteiger charge is 2.39. The topological polar surface area (TPSA) is 22.6 Å². The second-order valence-electron chi connectivity index (χ2n) is 11.2. The van der Waals surface area contributed by atoms with Gasteiger partial charge in [-0.3, -0.25) is 0 Å². The van der Waals surface area contributed by atoms with E-state index in [0.29, 0.717) is 0 Å². The van der Waals surface area contributed by atoms with E-state index in [1.165, 1.54) is 27.0 Å². The van der Waals surface area contributed by atoms with E-state index in [9.17, 15) is 0 Å². The smallest absolute Gasteiger partial charge is 0.214 e. The number of hydrogen-bond donors (Lipinski definition) is 0. The first kappa shape index (κ1) is 26.6. The van der Waals surface area contributed by atoms with Crippen molar-refractivity contribution < 1.29 is 8.90 Å². The molecular formula is C30H44N4OS+2. The number of likely N-dealkylation sites (N-methyl/N-ethyl adjacent to an activating group) is 1. The second-order valence-corrected chi connectivity index (χ2v) is 12.7. The van der Waals surface area contributed by atoms with Gasteiger partial charge in [-0.05, 0) is 45.0 Å². The van der Waals surface area contributed by atoms with Crippen LogP contribution in [0.4, 0.5) is 11.4 Å². The quantitative estimate of drug-likeness (QED) is 0.290. The maximum atomic E-state index is 6.67. The fourth-order valence-electron chi connectivity index (χ4n) is 5.16. The van der Waals surface area contributed by atoms with E-state index >= 15 is 0 Å². The molecule has 0 saturated heterocycles. The van der Waals surface area contributed by atoms with Crippen LogP contribution >= 0.6 is 11.8 Å². The lowest BCUT2D eigenvalue weighted by atomic mass is 10.1. The molecule has 4 rings (SSSR count). The van der Waals surface area contributed by atoms with Gasteiger partial charge in [0, 0.05) is 49.3 Å². The van der Waals surface area contributed by atoms with Crippen molar-refractivity contribution in [3.63, 3.8) is 0 Å². The van der Waals surface area contributed by atoms with Gasteiger partial charge in [0.05, 0.1) is 50.1 Å². The summed E-state index contributed by atoms with van der Waals surface area (Å²) in [4.78, 5) is 6.02. The molecule has 0 amide bonds. The lowest BCUT2D eigenvalue weighted by molar-refractivity contribution is -0.870. The van der Waals surface area contributed by atoms with Crippen LogP contribution in [0.15, 0.2) is 57.8 Å². The molecule has 2 aromatic carbocycles. The van der Waals surface area contributed by atoms with Gasteiger partial charge in [-0.15, -0.1) is 0 Å². The van der Waals surface area contributed by atoms with Crippen LogP contribution in [-0.2, 0) is 6.42 Å². The molecule has 0 spiro atoms. The molecule has 3 aromatic rings. The van der Waals surface area contributed by atoms with Crippen molar-refractivity contribution in [1.29, 1.82) is 0 Å². The van der Waals surface area contributed by atoms with E-state index < -0.39 is 0 Å². The summed E-state index contributed by atoms with van der Waals surface area (Å²) in [6.07, 6.45) is 1.97. The molecule has 0 bridgehead atoms. The number of thioether (sulfide) groups is 1. The Morgan fingerprint density at radius 1 is 1.06 bits per heavy atom. The van der Waals surface area contributed by atoms with E-state index in [1.807, 2.05) is 11.8 Å². The SMILES string of the molecule is CCN(CC)c1ccc2c(=[N+](C)CCC[N+](C)(C)C)cc(CC3(C)Sc4ccccc4N3C)oc2c1. The average Bonchev–Trinajstić information content (AvgIpc) is 3.08. The second kappa shape index (κ2) is 10.5. The first-order valence-electron chi connectivity index (χ1n) is 13.2. The van der Waals surface area contributed by atoms with E-state index in [4.69, 9.17) is 4.42 Å². The first-order chi connectivity index (χ1) is 17.0. The molecule has 1 aromatic heterocycles. The molecule has 0 fully saturated rings. The normalized spacial score (nSPS) is 18.5. The van der Waals surface area contributed by atoms with Crippen LogP contribution < -0.4 is 19.7 Å². The van der Waals surface area contributed by atoms with Gasteiger partial charge in [0.2, 0.25) is 5.36 Å². The number of hydrogen-bond acceptors (Lipinski definition) is 4. The zero-order valence-corrected chi connectivity index (χ0v) is 24.3. The molecule has 0 saturated carbocycles. The van der Waals surface area contributed by atoms with Crippen LogP contribution in [0.3, 0.4) is 0 Å². The predicted molar refractivity (Wildman–Crippen MR) is 156 cm³/mol. The lowest BCUT2D eigenvalue weighted by Crippen LogP contribution is -2.40. The van der Waals surface area contributed by atoms with Gasteiger partial charge in [-0.1, -0.05) is 23.9 Å². The number of fused-ring (bicyclic) bond motifs is 2. The summed E-state index contributed by atoms with van der Waals surface area (Å²) in [5, 5.41) is 2.44. The van der Waals surface area contributed by atoms with E-state index in [0.717, 1.165) is 54.8 Å². The number of quaternary nitrogens is 1. The van der Waals surface area contributed by atoms with Crippen LogP contribution in [-0.4, -0.2) is 70.8 Å². The minimum absolute atomic E-state index is 0.100. The Morgan fingerprint density at radius 2 is 1.78 bits per heavy atom. The largest absolute Gasteiger partial charge is 0.460 e. The van der Waals surface area contributed by atoms with Crippen LogP contribution in [0.1, 0.15) is 33.0 Å². The molecule has 5 nitrogen and oxygen atoms in total. The first-order valence-corrected chi connectivity index (χ1v) is 14.0. The summed E-state index contributed by atoms with van der Waals surface area (Å²) >= 11 is 1.93. The molecule has 1 atom stereocenters. The summed E-state index contributed by atoms with van der Waals surface area (Å²) < 4.78 is 10.1. The Hall–Kier alpha value is -2.44. The Morgan fingerprint density at radius 3 is 2.44 bits per heavy atom. The monoisotopic (exact) mass is 508 g/mol. The molecule has 2 heterocycles. The van der Waals surface area contributed by atoms with Crippen molar-refractivity contribution in [1.82, 2.24) is 4.58 Å². The van der Waals surface area contributed by atoms with E-state index in [-0.39, 0.29) is 4.87 Å². The number of anilines is 2. The van der Waals surface area contributed by atoms with Crippen molar-refractivity contribution in [2.24, 2.45) is 0 Å². The van der Waals surface area contributed by atoms with Crippen LogP contribution in [0.25, 0.3) is 11.0 Å². The van der Waals surface area contributed by atoms with Crippen molar-refractivity contribution in [2.45, 2.75) is 43.4 Å². The Kier molecular flexibility index (Phi) is 7.77. The van der Waals surface area contributed by atoms with Crippen LogP contribution in [0.5, 0.6) is 0 Å². The van der Waals surface area contributed by atoms with Gasteiger partial charge in [0.1, 0.15) is 24.9 Å². The highest BCUT2D eigenvalue weighted by molar-refractivity contribution is 8.01. The molecule has 0 N–H and O–H groups in total. The number of rotatable bonds is 9. The third-order valence-electron chi connectivity index (χ3n) is 7.41. The van der Waals surface area contributed by atoms with Gasteiger partial charge >= 0.3 is 0 Å². The average molecular weight is 509 g/mol. The Balaban J connectivity index is 1.77. The standard InChI is InChI=1S/C30H44N4OS/c1-9-33(10-2)23-16-17-25-27(31(4)18-13-19-34(6,7)8)21-24(35-28(25)20-23)22-30(3)32(5)26-14-11-12-15-29(26)36-30/h11-12,14-17,20-21H,9-10,13,18-19,22H2,1-8H3/q+2. The fourth-order valence-corrected chi connectivity index (χ4v) is 6.54. The zero-order chi connectivity index (χ0) is 26.1. The zero-order valence-electron chi connectivity index (χ0n) is 23.5. The molecule has 1 aliphatic rings. The Bertz CT molecular complexity index is 1290. The molecule has 1 unspecified atom stereocenters. The maximum Gasteiger partial charge on any atom is 0.214 e. The minimum atomic E-state index is -0.100. The molecule has 0 aliphatic carbocycles. The summed E-state index contributed by atoms with van der Waals surface area (Å²) in [6.45, 7) is 10.9. The number of para-hydroxylation sites is 1. The summed E-state index contributed by atoms with van der Waals surface area (Å²) in [5.74, 6) is 1.03. The van der Waals surface area contributed by atoms with Crippen LogP contribution in [0.2, 0.25) is 0 Å². The third kappa shape index (κ3) is 5.60. The summed E-state index contributed by atoms with van der Waals surface area (Å²) in [7, 11) is 11.2. The molecule has 194 valence electrons. The van der Waals surface area contributed by atoms with Gasteiger partial charge in [0.25, 0.3) is 0 Å². The predicted octanol–water partition coefficient (Wildman–Crippen LogP) is 5.28. The highest BCUT2D eigenvalue weighted by Crippen LogP contribution is 2.50. The molecule has 36 heavy (non-hydrogen) atoms. The van der Waals surface area contributed by atoms with Crippen molar-refractivity contribution >= 4 is 34.1 Å². The van der Waals surface area contributed by atoms with Gasteiger partial charge in [0.15, 0.2) is 0 Å². The van der Waals surface area contributed by atoms with E-state index in [2.05, 4.69) is 119 Å². The molecule has 1 aliphatic heterocycles. The molecule has 6 heteroatoms. The van der Waals surface area contributed by atoms with Crippen molar-refractivity contribution in [3.8, 4) is 0 Å². The van der Waals surface area contributed by atoms with Gasteiger partial charge in [-0.25, -0.2) is 4.58 Å². The third-order valence-corrected chi connectivity index (χ3v) is 8.83. The van der Waals surface area contributed by atoms with Crippen LogP contribution in [0, 0.1) is 0 Å². The maximum absolute atomic E-state index is 6.67. The minimum Gasteiger partial charge on any atom is -0.460 e. The number of benzene rings is 2. The number of nitrogens with zero attached hydrogens (tertiary/aromatic N) is 4. The molecular weight excluding hydrogens is 464 g/mol. The van der Waals surface area contributed by atoms with Crippen molar-refractivity contribution in [2.75, 3.05) is 71.2 Å². The Labute approximate surface area is 221 Å².